The number of hydrazine groups is 1. The lowest BCUT2D eigenvalue weighted by Crippen LogP contribution is -2.65. The van der Waals surface area contributed by atoms with Crippen LogP contribution in [0.2, 0.25) is 0 Å². The Labute approximate surface area is 195 Å². The van der Waals surface area contributed by atoms with Gasteiger partial charge in [-0.2, -0.15) is 0 Å². The average molecular weight is 469 g/mol. The lowest BCUT2D eigenvalue weighted by molar-refractivity contribution is -0.129. The molecule has 0 bridgehead atoms. The fraction of sp³-hybridized carbons (Fsp3) is 0.667. The Morgan fingerprint density at radius 3 is 2.50 bits per heavy atom. The third-order valence-electron chi connectivity index (χ3n) is 5.56. The van der Waals surface area contributed by atoms with Crippen LogP contribution in [0.25, 0.3) is 0 Å². The molecule has 1 amide bonds. The number of hydrogen-bond donors (Lipinski definition) is 4. The van der Waals surface area contributed by atoms with Crippen LogP contribution in [0, 0.1) is 5.41 Å². The lowest BCUT2D eigenvalue weighted by Gasteiger charge is -2.43. The fourth-order valence-electron chi connectivity index (χ4n) is 3.58. The largest absolute Gasteiger partial charge is 0.373 e. The molecule has 4 N–H and O–H groups in total. The summed E-state index contributed by atoms with van der Waals surface area (Å²) < 4.78 is 13.4. The molecule has 2 fully saturated rings. The number of likely N-dealkylation sites (tertiary alicyclic amines) is 1. The van der Waals surface area contributed by atoms with Crippen molar-refractivity contribution in [3.05, 3.63) is 24.3 Å². The zero-order chi connectivity index (χ0) is 23.8. The maximum atomic E-state index is 13.4. The predicted octanol–water partition coefficient (Wildman–Crippen LogP) is 2.03. The molecular weight excluding hydrogens is 431 g/mol. The quantitative estimate of drug-likeness (QED) is 0.233. The molecule has 1 unspecified atom stereocenters. The highest BCUT2D eigenvalue weighted by atomic mass is 32.2. The fourth-order valence-corrected chi connectivity index (χ4v) is 4.14. The van der Waals surface area contributed by atoms with Gasteiger partial charge in [-0.3, -0.25) is 20.6 Å². The van der Waals surface area contributed by atoms with Crippen molar-refractivity contribution in [3.8, 4) is 0 Å². The van der Waals surface area contributed by atoms with Crippen molar-refractivity contribution >= 4 is 28.7 Å². The van der Waals surface area contributed by atoms with Crippen LogP contribution in [-0.2, 0) is 4.79 Å². The van der Waals surface area contributed by atoms with E-state index in [9.17, 15) is 9.18 Å². The zero-order valence-electron chi connectivity index (χ0n) is 19.7. The molecule has 1 aliphatic carbocycles. The number of carbonyl (C=O) groups excluding carboxylic acids is 1. The minimum Gasteiger partial charge on any atom is -0.373 e. The first-order chi connectivity index (χ1) is 15.2. The molecule has 1 atom stereocenters. The standard InChI is InChI=1S/C21H37FN8OS/c1-7-17(18(24-4)28(5)21(23)32-14(3)22)27-29(6)19(25-8-2)20(31)30-12-16(13-30)26-15-10-9-11-15/h8,14-16,23-24,26-27H,2,7,9-13H2,1,3-6H3/b18-17+,23-21?,25-19?. The highest BCUT2D eigenvalue weighted by Gasteiger charge is 2.36. The van der Waals surface area contributed by atoms with Crippen molar-refractivity contribution in [2.24, 2.45) is 4.99 Å². The Hall–Kier alpha value is -2.27. The van der Waals surface area contributed by atoms with Crippen LogP contribution in [0.5, 0.6) is 0 Å². The first-order valence-electron chi connectivity index (χ1n) is 11.0. The summed E-state index contributed by atoms with van der Waals surface area (Å²) in [7, 11) is 5.15. The van der Waals surface area contributed by atoms with Gasteiger partial charge in [-0.1, -0.05) is 31.7 Å². The smallest absolute Gasteiger partial charge is 0.291 e. The van der Waals surface area contributed by atoms with Crippen LogP contribution < -0.4 is 16.1 Å². The Kier molecular flexibility index (Phi) is 9.83. The van der Waals surface area contributed by atoms with E-state index in [2.05, 4.69) is 27.6 Å². The van der Waals surface area contributed by atoms with Crippen LogP contribution in [-0.4, -0.2) is 83.5 Å². The number of nitrogens with one attached hydrogen (secondary N) is 4. The van der Waals surface area contributed by atoms with E-state index in [0.29, 0.717) is 37.4 Å². The highest BCUT2D eigenvalue weighted by Crippen LogP contribution is 2.21. The van der Waals surface area contributed by atoms with Gasteiger partial charge in [0, 0.05) is 52.5 Å². The molecule has 180 valence electrons. The number of aliphatic imine (C=N–C) groups is 1. The zero-order valence-corrected chi connectivity index (χ0v) is 20.6. The molecule has 9 nitrogen and oxygen atoms in total. The molecule has 0 spiro atoms. The van der Waals surface area contributed by atoms with Crippen molar-refractivity contribution in [2.75, 3.05) is 34.2 Å². The van der Waals surface area contributed by atoms with Gasteiger partial charge in [0.15, 0.2) is 5.17 Å². The van der Waals surface area contributed by atoms with Crippen LogP contribution in [0.15, 0.2) is 29.3 Å². The number of nitrogens with zero attached hydrogens (tertiary/aromatic N) is 4. The van der Waals surface area contributed by atoms with E-state index in [1.807, 2.05) is 6.92 Å². The number of amides is 1. The van der Waals surface area contributed by atoms with Gasteiger partial charge in [0.2, 0.25) is 5.84 Å². The first-order valence-corrected chi connectivity index (χ1v) is 11.9. The normalized spacial score (nSPS) is 18.7. The molecule has 2 aliphatic rings. The second-order valence-electron chi connectivity index (χ2n) is 7.96. The number of carbonyl (C=O) groups is 1. The van der Waals surface area contributed by atoms with Gasteiger partial charge < -0.3 is 20.4 Å². The average Bonchev–Trinajstić information content (AvgIpc) is 2.68. The molecule has 2 rings (SSSR count). The van der Waals surface area contributed by atoms with Gasteiger partial charge in [-0.05, 0) is 26.2 Å². The van der Waals surface area contributed by atoms with Crippen LogP contribution >= 0.6 is 11.8 Å². The van der Waals surface area contributed by atoms with Gasteiger partial charge in [0.25, 0.3) is 5.91 Å². The molecule has 0 aromatic rings. The van der Waals surface area contributed by atoms with Gasteiger partial charge in [-0.25, -0.2) is 9.38 Å². The number of amidine groups is 2. The van der Waals surface area contributed by atoms with E-state index < -0.39 is 5.50 Å². The summed E-state index contributed by atoms with van der Waals surface area (Å²) in [4.78, 5) is 20.6. The lowest BCUT2D eigenvalue weighted by atomic mass is 9.91. The molecule has 1 saturated heterocycles. The third-order valence-corrected chi connectivity index (χ3v) is 6.38. The molecule has 1 aliphatic heterocycles. The second-order valence-corrected chi connectivity index (χ2v) is 9.24. The number of thioether (sulfide) groups is 1. The Balaban J connectivity index is 2.07. The van der Waals surface area contributed by atoms with Crippen molar-refractivity contribution < 1.29 is 9.18 Å². The van der Waals surface area contributed by atoms with E-state index in [-0.39, 0.29) is 16.9 Å². The van der Waals surface area contributed by atoms with Crippen LogP contribution in [0.1, 0.15) is 39.5 Å². The maximum Gasteiger partial charge on any atom is 0.291 e. The van der Waals surface area contributed by atoms with E-state index in [0.717, 1.165) is 17.5 Å². The third kappa shape index (κ3) is 6.61. The van der Waals surface area contributed by atoms with Crippen molar-refractivity contribution in [3.63, 3.8) is 0 Å². The molecule has 32 heavy (non-hydrogen) atoms. The summed E-state index contributed by atoms with van der Waals surface area (Å²) in [5.74, 6) is 0.667. The molecule has 0 aromatic carbocycles. The summed E-state index contributed by atoms with van der Waals surface area (Å²) in [6, 6.07) is 0.930. The van der Waals surface area contributed by atoms with Crippen LogP contribution in [0.3, 0.4) is 0 Å². The number of alkyl halides is 1. The van der Waals surface area contributed by atoms with E-state index in [1.165, 1.54) is 32.4 Å². The van der Waals surface area contributed by atoms with Gasteiger partial charge in [0.05, 0.1) is 5.70 Å². The molecular formula is C21H37FN8OS. The summed E-state index contributed by atoms with van der Waals surface area (Å²) in [5.41, 5.74) is 2.75. The molecule has 11 heteroatoms. The molecule has 1 saturated carbocycles. The molecule has 0 radical (unpaired) electrons. The number of rotatable bonds is 9. The van der Waals surface area contributed by atoms with Crippen LogP contribution in [0.4, 0.5) is 4.39 Å². The molecule has 1 heterocycles. The van der Waals surface area contributed by atoms with Crippen molar-refractivity contribution in [1.29, 1.82) is 5.41 Å². The van der Waals surface area contributed by atoms with Crippen molar-refractivity contribution in [2.45, 2.75) is 57.1 Å². The topological polar surface area (TPSA) is 99.1 Å². The van der Waals surface area contributed by atoms with Gasteiger partial charge in [0.1, 0.15) is 11.3 Å². The van der Waals surface area contributed by atoms with E-state index in [4.69, 9.17) is 5.41 Å². The minimum atomic E-state index is -1.19. The SMILES string of the molecule is C=CN=C(C(=O)N1CC(NC2CCC2)C1)N(C)N/C(CC)=C(\NC)N(C)C(=N)SC(C)F. The highest BCUT2D eigenvalue weighted by molar-refractivity contribution is 8.14. The number of allylic oxidation sites excluding steroid dienone is 1. The number of halogens is 1. The Morgan fingerprint density at radius 1 is 1.38 bits per heavy atom. The first kappa shape index (κ1) is 26.0. The predicted molar refractivity (Wildman–Crippen MR) is 130 cm³/mol. The van der Waals surface area contributed by atoms with Crippen molar-refractivity contribution in [1.82, 2.24) is 30.9 Å². The minimum absolute atomic E-state index is 0.0707. The Morgan fingerprint density at radius 2 is 2.03 bits per heavy atom. The summed E-state index contributed by atoms with van der Waals surface area (Å²) in [6.07, 6.45) is 5.65. The van der Waals surface area contributed by atoms with Gasteiger partial charge in [-0.15, -0.1) is 0 Å². The monoisotopic (exact) mass is 468 g/mol. The van der Waals surface area contributed by atoms with Gasteiger partial charge >= 0.3 is 0 Å². The molecule has 0 aromatic heterocycles. The summed E-state index contributed by atoms with van der Waals surface area (Å²) in [6.45, 7) is 8.32. The number of hydrogen-bond acceptors (Lipinski definition) is 7. The van der Waals surface area contributed by atoms with E-state index >= 15 is 0 Å². The maximum absolute atomic E-state index is 13.4. The summed E-state index contributed by atoms with van der Waals surface area (Å²) >= 11 is 0.820. The summed E-state index contributed by atoms with van der Waals surface area (Å²) in [5, 5.41) is 16.4. The number of likely N-dealkylation sites (N-methyl/N-ethyl adjacent to an activating group) is 1. The Bertz CT molecular complexity index is 746. The van der Waals surface area contributed by atoms with E-state index in [1.54, 1.807) is 36.0 Å². The second kappa shape index (κ2) is 12.1.